The van der Waals surface area contributed by atoms with Crippen LogP contribution in [-0.2, 0) is 17.7 Å². The third-order valence-corrected chi connectivity index (χ3v) is 5.85. The molecule has 2 N–H and O–H groups in total. The van der Waals surface area contributed by atoms with E-state index in [1.807, 2.05) is 17.5 Å². The van der Waals surface area contributed by atoms with Crippen LogP contribution in [0, 0.1) is 6.92 Å². The number of ether oxygens (including phenoxy) is 1. The van der Waals surface area contributed by atoms with E-state index in [9.17, 15) is 0 Å². The van der Waals surface area contributed by atoms with Crippen LogP contribution in [-0.4, -0.2) is 49.3 Å². The van der Waals surface area contributed by atoms with E-state index in [1.54, 1.807) is 0 Å². The van der Waals surface area contributed by atoms with Gasteiger partial charge in [0.15, 0.2) is 5.96 Å². The summed E-state index contributed by atoms with van der Waals surface area (Å²) < 4.78 is 5.61. The summed E-state index contributed by atoms with van der Waals surface area (Å²) in [6, 6.07) is 8.92. The number of nitrogens with one attached hydrogen (secondary N) is 2. The number of hydrogen-bond acceptors (Lipinski definition) is 5. The Morgan fingerprint density at radius 3 is 2.90 bits per heavy atom. The molecule has 2 atom stereocenters. The molecule has 29 heavy (non-hydrogen) atoms. The first-order valence-electron chi connectivity index (χ1n) is 10.4. The van der Waals surface area contributed by atoms with Gasteiger partial charge in [-0.3, -0.25) is 0 Å². The number of aliphatic imine (C=N–C) groups is 1. The van der Waals surface area contributed by atoms with Crippen molar-refractivity contribution in [2.45, 2.75) is 52.8 Å². The number of rotatable bonds is 7. The molecule has 6 nitrogen and oxygen atoms in total. The standard InChI is InChI=1S/C22H33N5OS/c1-5-23-22(26-16(2)12-20-8-6-18(4)29-20)25-14-19-7-9-21(24-13-19)27-10-11-28-17(3)15-27/h6-9,13,16-17H,5,10-12,14-15H2,1-4H3,(H2,23,25,26). The molecule has 2 unspecified atom stereocenters. The third kappa shape index (κ3) is 6.72. The van der Waals surface area contributed by atoms with Crippen molar-refractivity contribution in [1.29, 1.82) is 0 Å². The number of anilines is 1. The van der Waals surface area contributed by atoms with E-state index in [1.165, 1.54) is 9.75 Å². The van der Waals surface area contributed by atoms with Gasteiger partial charge in [0.25, 0.3) is 0 Å². The van der Waals surface area contributed by atoms with Gasteiger partial charge in [-0.2, -0.15) is 0 Å². The number of morpholine rings is 1. The van der Waals surface area contributed by atoms with Gasteiger partial charge in [-0.1, -0.05) is 6.07 Å². The summed E-state index contributed by atoms with van der Waals surface area (Å²) in [4.78, 5) is 14.4. The summed E-state index contributed by atoms with van der Waals surface area (Å²) in [6.45, 7) is 12.5. The summed E-state index contributed by atoms with van der Waals surface area (Å²) in [5.41, 5.74) is 1.11. The number of aromatic nitrogens is 1. The highest BCUT2D eigenvalue weighted by molar-refractivity contribution is 7.11. The van der Waals surface area contributed by atoms with Gasteiger partial charge in [0.2, 0.25) is 0 Å². The Bertz CT molecular complexity index is 789. The van der Waals surface area contributed by atoms with Crippen molar-refractivity contribution in [3.8, 4) is 0 Å². The van der Waals surface area contributed by atoms with Crippen molar-refractivity contribution in [3.05, 3.63) is 45.8 Å². The number of guanidine groups is 1. The van der Waals surface area contributed by atoms with Crippen LogP contribution in [0.5, 0.6) is 0 Å². The zero-order valence-electron chi connectivity index (χ0n) is 17.9. The van der Waals surface area contributed by atoms with Crippen molar-refractivity contribution >= 4 is 23.1 Å². The van der Waals surface area contributed by atoms with Crippen LogP contribution in [0.3, 0.4) is 0 Å². The predicted molar refractivity (Wildman–Crippen MR) is 122 cm³/mol. The van der Waals surface area contributed by atoms with E-state index in [2.05, 4.69) is 72.5 Å². The summed E-state index contributed by atoms with van der Waals surface area (Å²) in [6.07, 6.45) is 3.18. The maximum absolute atomic E-state index is 5.61. The summed E-state index contributed by atoms with van der Waals surface area (Å²) in [5, 5.41) is 6.86. The Hall–Kier alpha value is -2.12. The molecule has 0 radical (unpaired) electrons. The van der Waals surface area contributed by atoms with Gasteiger partial charge in [0.1, 0.15) is 5.82 Å². The molecule has 0 spiro atoms. The summed E-state index contributed by atoms with van der Waals surface area (Å²) in [5.74, 6) is 1.86. The van der Waals surface area contributed by atoms with E-state index >= 15 is 0 Å². The lowest BCUT2D eigenvalue weighted by Crippen LogP contribution is -2.43. The van der Waals surface area contributed by atoms with Gasteiger partial charge in [0.05, 0.1) is 19.3 Å². The number of pyridine rings is 1. The SMILES string of the molecule is CCNC(=NCc1ccc(N2CCOC(C)C2)nc1)NC(C)Cc1ccc(C)s1. The number of nitrogens with zero attached hydrogens (tertiary/aromatic N) is 3. The molecule has 158 valence electrons. The highest BCUT2D eigenvalue weighted by atomic mass is 32.1. The second kappa shape index (κ2) is 10.6. The lowest BCUT2D eigenvalue weighted by molar-refractivity contribution is 0.0529. The lowest BCUT2D eigenvalue weighted by Gasteiger charge is -2.32. The second-order valence-corrected chi connectivity index (χ2v) is 8.98. The Morgan fingerprint density at radius 1 is 1.38 bits per heavy atom. The molecule has 0 saturated carbocycles. The van der Waals surface area contributed by atoms with Crippen molar-refractivity contribution < 1.29 is 4.74 Å². The molecular formula is C22H33N5OS. The van der Waals surface area contributed by atoms with Crippen LogP contribution in [0.25, 0.3) is 0 Å². The molecule has 2 aromatic rings. The smallest absolute Gasteiger partial charge is 0.191 e. The second-order valence-electron chi connectivity index (χ2n) is 7.61. The topological polar surface area (TPSA) is 61.8 Å². The summed E-state index contributed by atoms with van der Waals surface area (Å²) >= 11 is 1.86. The Balaban J connectivity index is 1.56. The van der Waals surface area contributed by atoms with Crippen LogP contribution in [0.2, 0.25) is 0 Å². The van der Waals surface area contributed by atoms with Crippen LogP contribution in [0.1, 0.15) is 36.1 Å². The number of hydrogen-bond donors (Lipinski definition) is 2. The van der Waals surface area contributed by atoms with Crippen molar-refractivity contribution in [3.63, 3.8) is 0 Å². The fraction of sp³-hybridized carbons (Fsp3) is 0.545. The number of thiophene rings is 1. The lowest BCUT2D eigenvalue weighted by atomic mass is 10.2. The van der Waals surface area contributed by atoms with Crippen molar-refractivity contribution in [1.82, 2.24) is 15.6 Å². The van der Waals surface area contributed by atoms with Crippen LogP contribution >= 0.6 is 11.3 Å². The minimum absolute atomic E-state index is 0.253. The molecule has 1 saturated heterocycles. The normalized spacial score (nSPS) is 18.6. The molecule has 0 aromatic carbocycles. The monoisotopic (exact) mass is 415 g/mol. The van der Waals surface area contributed by atoms with Gasteiger partial charge in [-0.05, 0) is 51.5 Å². The Morgan fingerprint density at radius 2 is 2.24 bits per heavy atom. The van der Waals surface area contributed by atoms with E-state index in [-0.39, 0.29) is 6.10 Å². The van der Waals surface area contributed by atoms with Crippen molar-refractivity contribution in [2.75, 3.05) is 31.1 Å². The first-order valence-corrected chi connectivity index (χ1v) is 11.3. The highest BCUT2D eigenvalue weighted by Crippen LogP contribution is 2.17. The molecule has 1 aliphatic heterocycles. The van der Waals surface area contributed by atoms with Gasteiger partial charge in [0, 0.05) is 48.0 Å². The largest absolute Gasteiger partial charge is 0.375 e. The van der Waals surface area contributed by atoms with Gasteiger partial charge in [-0.15, -0.1) is 11.3 Å². The maximum atomic E-state index is 5.61. The zero-order valence-corrected chi connectivity index (χ0v) is 18.8. The fourth-order valence-electron chi connectivity index (χ4n) is 3.40. The van der Waals surface area contributed by atoms with Crippen LogP contribution in [0.15, 0.2) is 35.5 Å². The van der Waals surface area contributed by atoms with Gasteiger partial charge in [-0.25, -0.2) is 9.98 Å². The first kappa shape index (κ1) is 21.6. The Labute approximate surface area is 178 Å². The van der Waals surface area contributed by atoms with Crippen LogP contribution in [0.4, 0.5) is 5.82 Å². The van der Waals surface area contributed by atoms with Gasteiger partial charge < -0.3 is 20.3 Å². The highest BCUT2D eigenvalue weighted by Gasteiger charge is 2.17. The molecule has 7 heteroatoms. The first-order chi connectivity index (χ1) is 14.0. The average molecular weight is 416 g/mol. The van der Waals surface area contributed by atoms with Crippen molar-refractivity contribution in [2.24, 2.45) is 4.99 Å². The number of aryl methyl sites for hydroxylation is 1. The minimum atomic E-state index is 0.253. The van der Waals surface area contributed by atoms with Gasteiger partial charge >= 0.3 is 0 Å². The molecule has 2 aromatic heterocycles. The molecule has 0 aliphatic carbocycles. The molecule has 0 amide bonds. The molecule has 3 heterocycles. The van der Waals surface area contributed by atoms with E-state index in [4.69, 9.17) is 9.73 Å². The van der Waals surface area contributed by atoms with E-state index < -0.39 is 0 Å². The average Bonchev–Trinajstić information content (AvgIpc) is 3.11. The summed E-state index contributed by atoms with van der Waals surface area (Å²) in [7, 11) is 0. The van der Waals surface area contributed by atoms with E-state index in [0.29, 0.717) is 12.6 Å². The molecule has 3 rings (SSSR count). The maximum Gasteiger partial charge on any atom is 0.191 e. The third-order valence-electron chi connectivity index (χ3n) is 4.82. The fourth-order valence-corrected chi connectivity index (χ4v) is 4.41. The predicted octanol–water partition coefficient (Wildman–Crippen LogP) is 3.36. The molecule has 0 bridgehead atoms. The quantitative estimate of drug-likeness (QED) is 0.536. The van der Waals surface area contributed by atoms with Crippen LogP contribution < -0.4 is 15.5 Å². The van der Waals surface area contributed by atoms with E-state index in [0.717, 1.165) is 50.0 Å². The molecule has 1 aliphatic rings. The molecular weight excluding hydrogens is 382 g/mol. The Kier molecular flexibility index (Phi) is 7.89. The zero-order chi connectivity index (χ0) is 20.6. The molecule has 1 fully saturated rings. The minimum Gasteiger partial charge on any atom is -0.375 e.